The smallest absolute Gasteiger partial charge is 0.340 e. The van der Waals surface area contributed by atoms with Crippen molar-refractivity contribution in [1.82, 2.24) is 4.90 Å². The summed E-state index contributed by atoms with van der Waals surface area (Å²) >= 11 is 0. The number of ether oxygens (including phenoxy) is 4. The second-order valence-electron chi connectivity index (χ2n) is 11.7. The molecule has 0 saturated carbocycles. The molecule has 1 spiro atoms. The first-order valence-corrected chi connectivity index (χ1v) is 15.5. The van der Waals surface area contributed by atoms with Gasteiger partial charge in [0.2, 0.25) is 0 Å². The van der Waals surface area contributed by atoms with Crippen molar-refractivity contribution in [1.29, 1.82) is 0 Å². The van der Waals surface area contributed by atoms with Gasteiger partial charge >= 0.3 is 11.9 Å². The van der Waals surface area contributed by atoms with Crippen LogP contribution >= 0.6 is 0 Å². The molecule has 0 amide bonds. The highest BCUT2D eigenvalue weighted by Crippen LogP contribution is 2.58. The highest BCUT2D eigenvalue weighted by molar-refractivity contribution is 6.01. The molecule has 8 heteroatoms. The van der Waals surface area contributed by atoms with Crippen molar-refractivity contribution in [3.8, 4) is 0 Å². The van der Waals surface area contributed by atoms with Gasteiger partial charge in [0.15, 0.2) is 11.9 Å². The zero-order valence-electron chi connectivity index (χ0n) is 26.9. The monoisotopic (exact) mass is 623 g/mol. The molecule has 0 saturated heterocycles. The third-order valence-electron chi connectivity index (χ3n) is 8.38. The van der Waals surface area contributed by atoms with Gasteiger partial charge < -0.3 is 24.1 Å². The summed E-state index contributed by atoms with van der Waals surface area (Å²) in [4.78, 5) is 27.7. The van der Waals surface area contributed by atoms with Crippen LogP contribution in [0.1, 0.15) is 54.2 Å². The second-order valence-corrected chi connectivity index (χ2v) is 11.7. The van der Waals surface area contributed by atoms with Gasteiger partial charge in [0.1, 0.15) is 18.1 Å². The minimum absolute atomic E-state index is 0.141. The van der Waals surface area contributed by atoms with E-state index in [-0.39, 0.29) is 25.2 Å². The third-order valence-corrected chi connectivity index (χ3v) is 8.38. The molecule has 1 aliphatic carbocycles. The van der Waals surface area contributed by atoms with Crippen LogP contribution in [0.3, 0.4) is 0 Å². The Morgan fingerprint density at radius 3 is 2.50 bits per heavy atom. The van der Waals surface area contributed by atoms with Crippen LogP contribution in [0.25, 0.3) is 5.57 Å². The van der Waals surface area contributed by atoms with Crippen LogP contribution in [0.2, 0.25) is 0 Å². The molecule has 2 heterocycles. The summed E-state index contributed by atoms with van der Waals surface area (Å²) in [6.07, 6.45) is 7.40. The maximum absolute atomic E-state index is 13.5. The van der Waals surface area contributed by atoms with Crippen molar-refractivity contribution < 1.29 is 33.6 Å². The van der Waals surface area contributed by atoms with Crippen molar-refractivity contribution in [3.63, 3.8) is 0 Å². The number of aliphatic hydroxyl groups is 1. The Balaban J connectivity index is 1.58. The highest BCUT2D eigenvalue weighted by atomic mass is 16.6. The molecule has 3 aliphatic rings. The van der Waals surface area contributed by atoms with Gasteiger partial charge in [-0.05, 0) is 69.0 Å². The zero-order chi connectivity index (χ0) is 33.0. The average molecular weight is 624 g/mol. The van der Waals surface area contributed by atoms with E-state index in [1.807, 2.05) is 74.5 Å². The topological polar surface area (TPSA) is 94.5 Å². The van der Waals surface area contributed by atoms with Crippen molar-refractivity contribution in [3.05, 3.63) is 136 Å². The number of hydrogen-bond donors (Lipinski definition) is 1. The lowest BCUT2D eigenvalue weighted by atomic mass is 9.71. The molecule has 2 aliphatic heterocycles. The predicted octanol–water partition coefficient (Wildman–Crippen LogP) is 6.29. The van der Waals surface area contributed by atoms with E-state index in [1.165, 1.54) is 0 Å². The summed E-state index contributed by atoms with van der Waals surface area (Å²) in [6, 6.07) is 15.4. The summed E-state index contributed by atoms with van der Waals surface area (Å²) in [6.45, 7) is 15.9. The van der Waals surface area contributed by atoms with Gasteiger partial charge in [-0.15, -0.1) is 0 Å². The lowest BCUT2D eigenvalue weighted by Gasteiger charge is -2.43. The van der Waals surface area contributed by atoms with Gasteiger partial charge in [0.25, 0.3) is 0 Å². The lowest BCUT2D eigenvalue weighted by molar-refractivity contribution is -0.139. The SMILES string of the molecule is C=C(C)C(=O)OCCN(CCOC(O)C(=C)C)C1C=C2OC(/C=C\C)=C(c3ccccc3C)C3(OC(=O)c4ccccc43)C2=CC1. The normalized spacial score (nSPS) is 20.9. The molecular weight excluding hydrogens is 582 g/mol. The number of esters is 2. The van der Waals surface area contributed by atoms with E-state index in [2.05, 4.69) is 24.1 Å². The Bertz CT molecular complexity index is 1680. The van der Waals surface area contributed by atoms with Crippen molar-refractivity contribution in [2.45, 2.75) is 52.0 Å². The Hall–Kier alpha value is -4.50. The molecule has 0 aromatic heterocycles. The number of allylic oxidation sites excluding steroid dienone is 2. The fourth-order valence-electron chi connectivity index (χ4n) is 6.10. The number of rotatable bonds is 12. The molecule has 3 atom stereocenters. The number of benzene rings is 2. The van der Waals surface area contributed by atoms with Gasteiger partial charge in [-0.3, -0.25) is 4.90 Å². The maximum atomic E-state index is 13.5. The van der Waals surface area contributed by atoms with Gasteiger partial charge in [0.05, 0.1) is 17.7 Å². The summed E-state index contributed by atoms with van der Waals surface area (Å²) < 4.78 is 24.2. The predicted molar refractivity (Wildman–Crippen MR) is 176 cm³/mol. The molecule has 0 radical (unpaired) electrons. The number of hydrogen-bond acceptors (Lipinski definition) is 8. The standard InChI is InChI=1S/C38H41NO7/c1-7-12-32-34(28-14-9-8-13-26(28)6)38(30-16-11-10-15-29(30)37(42)46-38)31-18-17-27(23-33(31)45-32)39(19-21-43-35(40)24(2)3)20-22-44-36(41)25(4)5/h7-16,18,23,27,35,40H,2,4,17,19-22H2,1,3,5-6H3/b12-7-. The van der Waals surface area contributed by atoms with Crippen LogP contribution in [-0.2, 0) is 29.3 Å². The zero-order valence-corrected chi connectivity index (χ0v) is 26.9. The molecular formula is C38H41NO7. The van der Waals surface area contributed by atoms with Crippen LogP contribution in [0, 0.1) is 6.92 Å². The van der Waals surface area contributed by atoms with Crippen molar-refractivity contribution in [2.24, 2.45) is 0 Å². The molecule has 0 bridgehead atoms. The van der Waals surface area contributed by atoms with Gasteiger partial charge in [-0.25, -0.2) is 9.59 Å². The minimum Gasteiger partial charge on any atom is -0.461 e. The molecule has 2 aromatic carbocycles. The molecule has 0 fully saturated rings. The van der Waals surface area contributed by atoms with Crippen LogP contribution in [-0.4, -0.2) is 60.6 Å². The Kier molecular flexibility index (Phi) is 9.91. The van der Waals surface area contributed by atoms with Gasteiger partial charge in [0, 0.05) is 35.8 Å². The Morgan fingerprint density at radius 1 is 1.11 bits per heavy atom. The summed E-state index contributed by atoms with van der Waals surface area (Å²) in [5.74, 6) is 0.320. The lowest BCUT2D eigenvalue weighted by Crippen LogP contribution is -2.43. The van der Waals surface area contributed by atoms with Crippen LogP contribution in [0.4, 0.5) is 0 Å². The second kappa shape index (κ2) is 13.9. The first-order valence-electron chi connectivity index (χ1n) is 15.5. The van der Waals surface area contributed by atoms with Crippen LogP contribution < -0.4 is 0 Å². The largest absolute Gasteiger partial charge is 0.461 e. The molecule has 8 nitrogen and oxygen atoms in total. The first-order chi connectivity index (χ1) is 22.1. The number of nitrogens with zero attached hydrogens (tertiary/aromatic N) is 1. The summed E-state index contributed by atoms with van der Waals surface area (Å²) in [7, 11) is 0. The van der Waals surface area contributed by atoms with E-state index >= 15 is 0 Å². The van der Waals surface area contributed by atoms with Gasteiger partial charge in [-0.2, -0.15) is 0 Å². The van der Waals surface area contributed by atoms with Crippen LogP contribution in [0.5, 0.6) is 0 Å². The molecule has 240 valence electrons. The van der Waals surface area contributed by atoms with E-state index in [1.54, 1.807) is 19.9 Å². The summed E-state index contributed by atoms with van der Waals surface area (Å²) in [5.41, 5.74) is 4.39. The maximum Gasteiger partial charge on any atom is 0.340 e. The number of carbonyl (C=O) groups excluding carboxylic acids is 2. The number of carbonyl (C=O) groups is 2. The quantitative estimate of drug-likeness (QED) is 0.128. The van der Waals surface area contributed by atoms with Crippen LogP contribution in [0.15, 0.2) is 114 Å². The molecule has 2 aromatic rings. The highest BCUT2D eigenvalue weighted by Gasteiger charge is 2.57. The number of aliphatic hydroxyl groups excluding tert-OH is 1. The summed E-state index contributed by atoms with van der Waals surface area (Å²) in [5, 5.41) is 10.1. The van der Waals surface area contributed by atoms with Crippen molar-refractivity contribution >= 4 is 17.5 Å². The molecule has 3 unspecified atom stereocenters. The van der Waals surface area contributed by atoms with E-state index in [0.717, 1.165) is 27.8 Å². The fourth-order valence-corrected chi connectivity index (χ4v) is 6.10. The van der Waals surface area contributed by atoms with Crippen molar-refractivity contribution in [2.75, 3.05) is 26.3 Å². The number of fused-ring (bicyclic) bond motifs is 4. The molecule has 1 N–H and O–H groups in total. The fraction of sp³-hybridized carbons (Fsp3) is 0.316. The molecule has 46 heavy (non-hydrogen) atoms. The Morgan fingerprint density at radius 2 is 1.80 bits per heavy atom. The van der Waals surface area contributed by atoms with E-state index < -0.39 is 17.9 Å². The number of aryl methyl sites for hydroxylation is 1. The van der Waals surface area contributed by atoms with E-state index in [4.69, 9.17) is 18.9 Å². The van der Waals surface area contributed by atoms with E-state index in [9.17, 15) is 14.7 Å². The van der Waals surface area contributed by atoms with Gasteiger partial charge in [-0.1, -0.05) is 67.8 Å². The third kappa shape index (κ3) is 6.29. The molecule has 5 rings (SSSR count). The average Bonchev–Trinajstić information content (AvgIpc) is 3.32. The minimum atomic E-state index is -1.22. The van der Waals surface area contributed by atoms with E-state index in [0.29, 0.717) is 47.7 Å². The Labute approximate surface area is 270 Å². The first kappa shape index (κ1) is 32.9.